The summed E-state index contributed by atoms with van der Waals surface area (Å²) in [4.78, 5) is 0. The quantitative estimate of drug-likeness (QED) is 0.869. The molecule has 0 radical (unpaired) electrons. The Labute approximate surface area is 91.5 Å². The molecule has 0 fully saturated rings. The standard InChI is InChI=1S/C10H11BrN2O/c1-7(14)6-13-10-4-2-3-9(11)8(10)5-12/h2-4,7,13-14H,6H2,1H3. The van der Waals surface area contributed by atoms with Crippen molar-refractivity contribution in [1.29, 1.82) is 5.26 Å². The van der Waals surface area contributed by atoms with Crippen LogP contribution in [-0.4, -0.2) is 17.8 Å². The minimum absolute atomic E-state index is 0.430. The number of anilines is 1. The van der Waals surface area contributed by atoms with Gasteiger partial charge < -0.3 is 10.4 Å². The van der Waals surface area contributed by atoms with Gasteiger partial charge in [-0.2, -0.15) is 5.26 Å². The number of halogens is 1. The lowest BCUT2D eigenvalue weighted by Crippen LogP contribution is -2.15. The highest BCUT2D eigenvalue weighted by atomic mass is 79.9. The zero-order valence-electron chi connectivity index (χ0n) is 7.79. The number of benzene rings is 1. The van der Waals surface area contributed by atoms with E-state index in [1.165, 1.54) is 0 Å². The Morgan fingerprint density at radius 2 is 2.36 bits per heavy atom. The first-order chi connectivity index (χ1) is 6.65. The van der Waals surface area contributed by atoms with Crippen LogP contribution in [0.3, 0.4) is 0 Å². The van der Waals surface area contributed by atoms with Crippen molar-refractivity contribution in [3.8, 4) is 6.07 Å². The van der Waals surface area contributed by atoms with E-state index in [4.69, 9.17) is 10.4 Å². The molecule has 0 aromatic heterocycles. The van der Waals surface area contributed by atoms with E-state index in [1.54, 1.807) is 6.92 Å². The first-order valence-corrected chi connectivity index (χ1v) is 5.05. The number of nitrogens with zero attached hydrogens (tertiary/aromatic N) is 1. The average molecular weight is 255 g/mol. The number of aliphatic hydroxyl groups is 1. The Balaban J connectivity index is 2.87. The molecule has 0 aliphatic rings. The molecular weight excluding hydrogens is 244 g/mol. The van der Waals surface area contributed by atoms with Crippen LogP contribution in [0.15, 0.2) is 22.7 Å². The minimum Gasteiger partial charge on any atom is -0.392 e. The van der Waals surface area contributed by atoms with Crippen molar-refractivity contribution in [2.45, 2.75) is 13.0 Å². The van der Waals surface area contributed by atoms with Gasteiger partial charge in [-0.1, -0.05) is 6.07 Å². The maximum atomic E-state index is 9.09. The van der Waals surface area contributed by atoms with Crippen LogP contribution in [0.4, 0.5) is 5.69 Å². The van der Waals surface area contributed by atoms with Crippen molar-refractivity contribution in [3.05, 3.63) is 28.2 Å². The largest absolute Gasteiger partial charge is 0.392 e. The fourth-order valence-corrected chi connectivity index (χ4v) is 1.50. The molecule has 4 heteroatoms. The molecule has 0 saturated carbocycles. The van der Waals surface area contributed by atoms with Gasteiger partial charge in [-0.05, 0) is 35.0 Å². The number of nitrogens with one attached hydrogen (secondary N) is 1. The van der Waals surface area contributed by atoms with Gasteiger partial charge in [0.2, 0.25) is 0 Å². The molecule has 1 unspecified atom stereocenters. The predicted octanol–water partition coefficient (Wildman–Crippen LogP) is 2.11. The number of hydrogen-bond acceptors (Lipinski definition) is 3. The second-order valence-electron chi connectivity index (χ2n) is 3.00. The van der Waals surface area contributed by atoms with Gasteiger partial charge in [-0.15, -0.1) is 0 Å². The van der Waals surface area contributed by atoms with Crippen molar-refractivity contribution >= 4 is 21.6 Å². The summed E-state index contributed by atoms with van der Waals surface area (Å²) in [6.45, 7) is 2.13. The third-order valence-electron chi connectivity index (χ3n) is 1.71. The van der Waals surface area contributed by atoms with E-state index < -0.39 is 6.10 Å². The Morgan fingerprint density at radius 3 is 2.93 bits per heavy atom. The van der Waals surface area contributed by atoms with Gasteiger partial charge in [0.15, 0.2) is 0 Å². The van der Waals surface area contributed by atoms with Crippen LogP contribution in [0, 0.1) is 11.3 Å². The van der Waals surface area contributed by atoms with E-state index in [1.807, 2.05) is 18.2 Å². The second-order valence-corrected chi connectivity index (χ2v) is 3.86. The van der Waals surface area contributed by atoms with Crippen molar-refractivity contribution in [2.24, 2.45) is 0 Å². The van der Waals surface area contributed by atoms with Crippen LogP contribution in [0.5, 0.6) is 0 Å². The molecule has 14 heavy (non-hydrogen) atoms. The third-order valence-corrected chi connectivity index (χ3v) is 2.37. The fraction of sp³-hybridized carbons (Fsp3) is 0.300. The maximum Gasteiger partial charge on any atom is 0.103 e. The summed E-state index contributed by atoms with van der Waals surface area (Å²) in [5, 5.41) is 21.0. The Bertz CT molecular complexity index is 358. The zero-order chi connectivity index (χ0) is 10.6. The van der Waals surface area contributed by atoms with Crippen molar-refractivity contribution in [2.75, 3.05) is 11.9 Å². The van der Waals surface area contributed by atoms with Crippen LogP contribution in [0.1, 0.15) is 12.5 Å². The summed E-state index contributed by atoms with van der Waals surface area (Å²) >= 11 is 3.29. The highest BCUT2D eigenvalue weighted by Crippen LogP contribution is 2.23. The molecule has 0 bridgehead atoms. The van der Waals surface area contributed by atoms with Gasteiger partial charge >= 0.3 is 0 Å². The van der Waals surface area contributed by atoms with E-state index in [0.717, 1.165) is 10.2 Å². The van der Waals surface area contributed by atoms with Crippen molar-refractivity contribution in [1.82, 2.24) is 0 Å². The minimum atomic E-state index is -0.430. The molecule has 0 aliphatic heterocycles. The summed E-state index contributed by atoms with van der Waals surface area (Å²) in [7, 11) is 0. The SMILES string of the molecule is CC(O)CNc1cccc(Br)c1C#N. The average Bonchev–Trinajstić information content (AvgIpc) is 2.14. The van der Waals surface area contributed by atoms with E-state index in [-0.39, 0.29) is 0 Å². The highest BCUT2D eigenvalue weighted by molar-refractivity contribution is 9.10. The van der Waals surface area contributed by atoms with Crippen molar-refractivity contribution in [3.63, 3.8) is 0 Å². The first kappa shape index (κ1) is 11.0. The summed E-state index contributed by atoms with van der Waals surface area (Å²) < 4.78 is 0.760. The Morgan fingerprint density at radius 1 is 1.64 bits per heavy atom. The summed E-state index contributed by atoms with van der Waals surface area (Å²) in [5.41, 5.74) is 1.30. The van der Waals surface area contributed by atoms with Gasteiger partial charge in [-0.3, -0.25) is 0 Å². The molecule has 74 valence electrons. The molecular formula is C10H11BrN2O. The fourth-order valence-electron chi connectivity index (χ4n) is 1.04. The predicted molar refractivity (Wildman–Crippen MR) is 59.0 cm³/mol. The van der Waals surface area contributed by atoms with Crippen molar-refractivity contribution < 1.29 is 5.11 Å². The zero-order valence-corrected chi connectivity index (χ0v) is 9.37. The molecule has 1 aromatic rings. The van der Waals surface area contributed by atoms with Gasteiger partial charge in [-0.25, -0.2) is 0 Å². The van der Waals surface area contributed by atoms with E-state index in [2.05, 4.69) is 27.3 Å². The lowest BCUT2D eigenvalue weighted by Gasteiger charge is -2.10. The molecule has 1 rings (SSSR count). The molecule has 1 atom stereocenters. The van der Waals surface area contributed by atoms with E-state index in [9.17, 15) is 0 Å². The topological polar surface area (TPSA) is 56.0 Å². The number of rotatable bonds is 3. The number of nitriles is 1. The normalized spacial score (nSPS) is 11.9. The summed E-state index contributed by atoms with van der Waals surface area (Å²) in [6, 6.07) is 7.56. The van der Waals surface area contributed by atoms with Crippen LogP contribution in [0.25, 0.3) is 0 Å². The monoisotopic (exact) mass is 254 g/mol. The lowest BCUT2D eigenvalue weighted by atomic mass is 10.2. The number of hydrogen-bond donors (Lipinski definition) is 2. The van der Waals surface area contributed by atoms with Crippen LogP contribution < -0.4 is 5.32 Å². The first-order valence-electron chi connectivity index (χ1n) is 4.25. The molecule has 1 aromatic carbocycles. The van der Waals surface area contributed by atoms with Crippen LogP contribution >= 0.6 is 15.9 Å². The van der Waals surface area contributed by atoms with Crippen LogP contribution in [-0.2, 0) is 0 Å². The van der Waals surface area contributed by atoms with Crippen LogP contribution in [0.2, 0.25) is 0 Å². The molecule has 0 amide bonds. The summed E-state index contributed by atoms with van der Waals surface area (Å²) in [5.74, 6) is 0. The third kappa shape index (κ3) is 2.72. The highest BCUT2D eigenvalue weighted by Gasteiger charge is 2.05. The van der Waals surface area contributed by atoms with Gasteiger partial charge in [0, 0.05) is 11.0 Å². The van der Waals surface area contributed by atoms with E-state index >= 15 is 0 Å². The Hall–Kier alpha value is -1.05. The lowest BCUT2D eigenvalue weighted by molar-refractivity contribution is 0.208. The molecule has 0 spiro atoms. The van der Waals surface area contributed by atoms with Gasteiger partial charge in [0.1, 0.15) is 6.07 Å². The van der Waals surface area contributed by atoms with E-state index in [0.29, 0.717) is 12.1 Å². The molecule has 0 saturated heterocycles. The number of aliphatic hydroxyl groups excluding tert-OH is 1. The molecule has 0 aliphatic carbocycles. The summed E-state index contributed by atoms with van der Waals surface area (Å²) in [6.07, 6.45) is -0.430. The molecule has 2 N–H and O–H groups in total. The second kappa shape index (κ2) is 4.99. The molecule has 3 nitrogen and oxygen atoms in total. The maximum absolute atomic E-state index is 9.09. The van der Waals surface area contributed by atoms with Gasteiger partial charge in [0.05, 0.1) is 17.4 Å². The Kier molecular flexibility index (Phi) is 3.93. The molecule has 0 heterocycles. The van der Waals surface area contributed by atoms with Gasteiger partial charge in [0.25, 0.3) is 0 Å². The smallest absolute Gasteiger partial charge is 0.103 e.